The third kappa shape index (κ3) is 3.50. The molecule has 0 bridgehead atoms. The lowest BCUT2D eigenvalue weighted by molar-refractivity contribution is -0.198. The fraction of sp³-hybridized carbons (Fsp3) is 0.684. The van der Waals surface area contributed by atoms with Crippen molar-refractivity contribution < 1.29 is 14.6 Å². The maximum atomic E-state index is 12.2. The summed E-state index contributed by atoms with van der Waals surface area (Å²) in [4.78, 5) is 22.3. The van der Waals surface area contributed by atoms with Crippen LogP contribution in [0.1, 0.15) is 45.6 Å². The Kier molecular flexibility index (Phi) is 5.46. The van der Waals surface area contributed by atoms with Crippen LogP contribution in [0.4, 0.5) is 11.6 Å². The van der Waals surface area contributed by atoms with Gasteiger partial charge in [0.2, 0.25) is 5.91 Å². The maximum Gasteiger partial charge on any atom is 0.223 e. The lowest BCUT2D eigenvalue weighted by Crippen LogP contribution is -2.69. The van der Waals surface area contributed by atoms with Crippen LogP contribution in [0, 0.1) is 17.2 Å². The highest BCUT2D eigenvalue weighted by Gasteiger charge is 2.54. The van der Waals surface area contributed by atoms with Gasteiger partial charge in [0.25, 0.3) is 0 Å². The lowest BCUT2D eigenvalue weighted by Gasteiger charge is -2.53. The molecule has 4 N–H and O–H groups in total. The van der Waals surface area contributed by atoms with Crippen molar-refractivity contribution in [3.63, 3.8) is 0 Å². The van der Waals surface area contributed by atoms with Crippen molar-refractivity contribution in [2.24, 2.45) is 5.92 Å². The van der Waals surface area contributed by atoms with E-state index in [9.17, 15) is 15.2 Å². The van der Waals surface area contributed by atoms with Gasteiger partial charge in [-0.2, -0.15) is 5.26 Å². The smallest absolute Gasteiger partial charge is 0.223 e. The molecule has 0 aromatic carbocycles. The summed E-state index contributed by atoms with van der Waals surface area (Å²) in [6.07, 6.45) is 2.18. The minimum absolute atomic E-state index is 0.0776. The van der Waals surface area contributed by atoms with Gasteiger partial charge in [-0.3, -0.25) is 4.79 Å². The molecule has 0 aliphatic carbocycles. The van der Waals surface area contributed by atoms with E-state index in [4.69, 9.17) is 10.5 Å². The molecule has 1 amide bonds. The number of aliphatic hydroxyl groups is 1. The van der Waals surface area contributed by atoms with Gasteiger partial charge in [-0.25, -0.2) is 9.97 Å². The molecule has 2 atom stereocenters. The summed E-state index contributed by atoms with van der Waals surface area (Å²) in [5.74, 6) is 0.431. The molecular formula is C19H28N6O3. The Labute approximate surface area is 164 Å². The van der Waals surface area contributed by atoms with Gasteiger partial charge < -0.3 is 25.8 Å². The second kappa shape index (κ2) is 7.53. The Morgan fingerprint density at radius 1 is 1.43 bits per heavy atom. The van der Waals surface area contributed by atoms with E-state index in [-0.39, 0.29) is 23.2 Å². The molecule has 3 heterocycles. The second-order valence-electron chi connectivity index (χ2n) is 8.18. The number of rotatable bonds is 3. The Bertz CT molecular complexity index is 784. The van der Waals surface area contributed by atoms with E-state index >= 15 is 0 Å². The van der Waals surface area contributed by atoms with Gasteiger partial charge in [0, 0.05) is 25.6 Å². The number of nitriles is 1. The first-order chi connectivity index (χ1) is 13.2. The number of hydrogen-bond donors (Lipinski definition) is 3. The summed E-state index contributed by atoms with van der Waals surface area (Å²) in [6, 6.07) is 2.07. The van der Waals surface area contributed by atoms with Gasteiger partial charge in [0.1, 0.15) is 29.9 Å². The monoisotopic (exact) mass is 388 g/mol. The molecule has 1 aromatic rings. The van der Waals surface area contributed by atoms with E-state index in [1.165, 1.54) is 6.33 Å². The molecule has 2 aliphatic rings. The van der Waals surface area contributed by atoms with Crippen LogP contribution < -0.4 is 16.0 Å². The number of nitrogens with one attached hydrogen (secondary N) is 1. The van der Waals surface area contributed by atoms with E-state index in [0.29, 0.717) is 44.8 Å². The first-order valence-electron chi connectivity index (χ1n) is 9.62. The summed E-state index contributed by atoms with van der Waals surface area (Å²) in [5, 5.41) is 23.6. The number of amides is 1. The molecule has 2 aliphatic heterocycles. The average molecular weight is 388 g/mol. The number of carbonyl (C=O) groups excluding carboxylic acids is 1. The van der Waals surface area contributed by atoms with Gasteiger partial charge in [-0.15, -0.1) is 0 Å². The van der Waals surface area contributed by atoms with Gasteiger partial charge in [0.05, 0.1) is 11.1 Å². The SMILES string of the molecule is CC(C)C(=O)N[C@@]1(C)CCOC2(CCN(c3ncnc(N)c3C#N)CC2)[C@@H]1O. The highest BCUT2D eigenvalue weighted by molar-refractivity contribution is 5.78. The molecule has 3 rings (SSSR count). The van der Waals surface area contributed by atoms with E-state index in [2.05, 4.69) is 21.4 Å². The Morgan fingerprint density at radius 2 is 2.11 bits per heavy atom. The van der Waals surface area contributed by atoms with Crippen molar-refractivity contribution in [1.29, 1.82) is 5.26 Å². The topological polar surface area (TPSA) is 137 Å². The zero-order chi connectivity index (χ0) is 20.5. The molecule has 152 valence electrons. The van der Waals surface area contributed by atoms with Crippen molar-refractivity contribution in [2.45, 2.75) is 57.3 Å². The standard InChI is InChI=1S/C19H28N6O3/c1-12(2)16(26)24-18(3)6-9-28-19(17(18)27)4-7-25(8-5-19)15-13(10-20)14(21)22-11-23-15/h11-12,17,27H,4-9H2,1-3H3,(H,24,26)(H2,21,22,23)/t17-,18+/m1/s1. The number of carbonyl (C=O) groups is 1. The largest absolute Gasteiger partial charge is 0.388 e. The summed E-state index contributed by atoms with van der Waals surface area (Å²) >= 11 is 0. The zero-order valence-corrected chi connectivity index (χ0v) is 16.6. The minimum Gasteiger partial charge on any atom is -0.388 e. The first-order valence-corrected chi connectivity index (χ1v) is 9.62. The van der Waals surface area contributed by atoms with Crippen LogP contribution in [0.25, 0.3) is 0 Å². The summed E-state index contributed by atoms with van der Waals surface area (Å²) in [6.45, 7) is 7.12. The molecular weight excluding hydrogens is 360 g/mol. The number of nitrogen functional groups attached to an aromatic ring is 1. The number of hydrogen-bond acceptors (Lipinski definition) is 8. The minimum atomic E-state index is -0.829. The zero-order valence-electron chi connectivity index (χ0n) is 16.6. The van der Waals surface area contributed by atoms with E-state index < -0.39 is 17.2 Å². The van der Waals surface area contributed by atoms with Gasteiger partial charge in [-0.05, 0) is 26.2 Å². The van der Waals surface area contributed by atoms with Crippen LogP contribution in [-0.4, -0.2) is 57.9 Å². The number of ether oxygens (including phenoxy) is 1. The number of nitrogens with two attached hydrogens (primary N) is 1. The van der Waals surface area contributed by atoms with Crippen LogP contribution in [0.3, 0.4) is 0 Å². The molecule has 1 spiro atoms. The van der Waals surface area contributed by atoms with E-state index in [1.807, 2.05) is 25.7 Å². The Balaban J connectivity index is 1.76. The summed E-state index contributed by atoms with van der Waals surface area (Å²) in [7, 11) is 0. The quantitative estimate of drug-likeness (QED) is 0.684. The lowest BCUT2D eigenvalue weighted by atomic mass is 9.73. The van der Waals surface area contributed by atoms with E-state index in [0.717, 1.165) is 0 Å². The van der Waals surface area contributed by atoms with Crippen LogP contribution in [-0.2, 0) is 9.53 Å². The van der Waals surface area contributed by atoms with Gasteiger partial charge in [-0.1, -0.05) is 13.8 Å². The molecule has 28 heavy (non-hydrogen) atoms. The highest BCUT2D eigenvalue weighted by atomic mass is 16.5. The molecule has 2 saturated heterocycles. The van der Waals surface area contributed by atoms with Crippen LogP contribution in [0.15, 0.2) is 6.33 Å². The van der Waals surface area contributed by atoms with Crippen LogP contribution in [0.2, 0.25) is 0 Å². The first kappa shape index (κ1) is 20.3. The van der Waals surface area contributed by atoms with E-state index in [1.54, 1.807) is 0 Å². The fourth-order valence-corrected chi connectivity index (χ4v) is 4.07. The normalized spacial score (nSPS) is 26.9. The maximum absolute atomic E-state index is 12.2. The van der Waals surface area contributed by atoms with Crippen molar-refractivity contribution >= 4 is 17.5 Å². The molecule has 0 saturated carbocycles. The van der Waals surface area contributed by atoms with Crippen molar-refractivity contribution in [3.05, 3.63) is 11.9 Å². The number of piperidine rings is 1. The number of nitrogens with zero attached hydrogens (tertiary/aromatic N) is 4. The van der Waals surface area contributed by atoms with Crippen molar-refractivity contribution in [2.75, 3.05) is 30.3 Å². The van der Waals surface area contributed by atoms with Crippen molar-refractivity contribution in [3.8, 4) is 6.07 Å². The Morgan fingerprint density at radius 3 is 2.71 bits per heavy atom. The Hall–Kier alpha value is -2.44. The second-order valence-corrected chi connectivity index (χ2v) is 8.18. The molecule has 2 fully saturated rings. The summed E-state index contributed by atoms with van der Waals surface area (Å²) < 4.78 is 6.07. The fourth-order valence-electron chi connectivity index (χ4n) is 4.07. The highest BCUT2D eigenvalue weighted by Crippen LogP contribution is 2.41. The number of aromatic nitrogens is 2. The third-order valence-corrected chi connectivity index (χ3v) is 5.92. The molecule has 9 heteroatoms. The number of aliphatic hydroxyl groups excluding tert-OH is 1. The predicted molar refractivity (Wildman–Crippen MR) is 103 cm³/mol. The molecule has 1 aromatic heterocycles. The molecule has 0 radical (unpaired) electrons. The van der Waals surface area contributed by atoms with Crippen LogP contribution >= 0.6 is 0 Å². The van der Waals surface area contributed by atoms with Gasteiger partial charge >= 0.3 is 0 Å². The van der Waals surface area contributed by atoms with Crippen molar-refractivity contribution in [1.82, 2.24) is 15.3 Å². The number of anilines is 2. The van der Waals surface area contributed by atoms with Gasteiger partial charge in [0.15, 0.2) is 5.82 Å². The van der Waals surface area contributed by atoms with Crippen LogP contribution in [0.5, 0.6) is 0 Å². The average Bonchev–Trinajstić information content (AvgIpc) is 2.66. The predicted octanol–water partition coefficient (Wildman–Crippen LogP) is 0.582. The molecule has 9 nitrogen and oxygen atoms in total. The summed E-state index contributed by atoms with van der Waals surface area (Å²) in [5.41, 5.74) is 4.59. The molecule has 0 unspecified atom stereocenters. The third-order valence-electron chi connectivity index (χ3n) is 5.92.